The Balaban J connectivity index is 1.61. The van der Waals surface area contributed by atoms with Crippen molar-refractivity contribution in [2.75, 3.05) is 18.9 Å². The minimum atomic E-state index is -0.320. The number of para-hydroxylation sites is 1. The SMILES string of the molecule is Cc1ccnc(NC(=O)CN(C)C(=O)c2cc(-c3cccnc3)nc3ccccc23)c1. The van der Waals surface area contributed by atoms with E-state index in [1.165, 1.54) is 4.90 Å². The second kappa shape index (κ2) is 8.71. The Kier molecular flexibility index (Phi) is 5.66. The van der Waals surface area contributed by atoms with Crippen molar-refractivity contribution in [1.82, 2.24) is 19.9 Å². The Bertz CT molecular complexity index is 1260. The van der Waals surface area contributed by atoms with Crippen LogP contribution in [0.1, 0.15) is 15.9 Å². The van der Waals surface area contributed by atoms with Crippen LogP contribution in [-0.2, 0) is 4.79 Å². The Morgan fingerprint density at radius 2 is 1.87 bits per heavy atom. The van der Waals surface area contributed by atoms with Crippen molar-refractivity contribution in [2.45, 2.75) is 6.92 Å². The summed E-state index contributed by atoms with van der Waals surface area (Å²) >= 11 is 0. The molecule has 0 aliphatic heterocycles. The molecule has 0 unspecified atom stereocenters. The van der Waals surface area contributed by atoms with Crippen LogP contribution in [0.4, 0.5) is 5.82 Å². The second-order valence-corrected chi connectivity index (χ2v) is 7.24. The summed E-state index contributed by atoms with van der Waals surface area (Å²) in [5.74, 6) is -0.130. The largest absolute Gasteiger partial charge is 0.332 e. The number of nitrogens with zero attached hydrogens (tertiary/aromatic N) is 4. The number of carbonyl (C=O) groups is 2. The minimum Gasteiger partial charge on any atom is -0.332 e. The standard InChI is InChI=1S/C24H21N5O2/c1-16-9-11-26-22(12-16)28-23(30)15-29(2)24(31)19-13-21(17-6-5-10-25-14-17)27-20-8-4-3-7-18(19)20/h3-14H,15H2,1-2H3,(H,26,28,30). The first-order valence-electron chi connectivity index (χ1n) is 9.79. The van der Waals surface area contributed by atoms with Crippen molar-refractivity contribution in [1.29, 1.82) is 0 Å². The van der Waals surface area contributed by atoms with Crippen LogP contribution < -0.4 is 5.32 Å². The molecule has 0 bridgehead atoms. The van der Waals surface area contributed by atoms with Crippen LogP contribution in [0.15, 0.2) is 73.2 Å². The quantitative estimate of drug-likeness (QED) is 0.541. The van der Waals surface area contributed by atoms with Crippen molar-refractivity contribution >= 4 is 28.5 Å². The fraction of sp³-hybridized carbons (Fsp3) is 0.125. The number of rotatable bonds is 5. The number of hydrogen-bond acceptors (Lipinski definition) is 5. The van der Waals surface area contributed by atoms with E-state index in [1.807, 2.05) is 49.4 Å². The minimum absolute atomic E-state index is 0.104. The van der Waals surface area contributed by atoms with Crippen LogP contribution >= 0.6 is 0 Å². The van der Waals surface area contributed by atoms with Crippen LogP contribution in [0.25, 0.3) is 22.2 Å². The molecule has 0 aliphatic rings. The van der Waals surface area contributed by atoms with Crippen LogP contribution in [-0.4, -0.2) is 45.3 Å². The summed E-state index contributed by atoms with van der Waals surface area (Å²) in [7, 11) is 1.60. The summed E-state index contributed by atoms with van der Waals surface area (Å²) in [5, 5.41) is 3.46. The highest BCUT2D eigenvalue weighted by Crippen LogP contribution is 2.25. The zero-order chi connectivity index (χ0) is 21.8. The van der Waals surface area contributed by atoms with Gasteiger partial charge < -0.3 is 10.2 Å². The third-order valence-corrected chi connectivity index (χ3v) is 4.81. The van der Waals surface area contributed by atoms with Gasteiger partial charge in [0.2, 0.25) is 5.91 Å². The lowest BCUT2D eigenvalue weighted by Crippen LogP contribution is -2.35. The summed E-state index contributed by atoms with van der Waals surface area (Å²) < 4.78 is 0. The first-order chi connectivity index (χ1) is 15.0. The average Bonchev–Trinajstić information content (AvgIpc) is 2.78. The van der Waals surface area contributed by atoms with Gasteiger partial charge in [0.15, 0.2) is 0 Å². The van der Waals surface area contributed by atoms with E-state index in [9.17, 15) is 9.59 Å². The summed E-state index contributed by atoms with van der Waals surface area (Å²) in [5.41, 5.74) is 3.63. The van der Waals surface area contributed by atoms with E-state index in [0.717, 1.165) is 16.5 Å². The van der Waals surface area contributed by atoms with Gasteiger partial charge >= 0.3 is 0 Å². The lowest BCUT2D eigenvalue weighted by atomic mass is 10.0. The number of carbonyl (C=O) groups excluding carboxylic acids is 2. The van der Waals surface area contributed by atoms with Gasteiger partial charge in [-0.3, -0.25) is 14.6 Å². The molecule has 0 fully saturated rings. The van der Waals surface area contributed by atoms with E-state index in [4.69, 9.17) is 0 Å². The molecule has 0 spiro atoms. The smallest absolute Gasteiger partial charge is 0.254 e. The lowest BCUT2D eigenvalue weighted by molar-refractivity contribution is -0.116. The summed E-state index contributed by atoms with van der Waals surface area (Å²) in [6.45, 7) is 1.81. The van der Waals surface area contributed by atoms with Gasteiger partial charge in [-0.15, -0.1) is 0 Å². The van der Waals surface area contributed by atoms with Gasteiger partial charge in [-0.25, -0.2) is 9.97 Å². The zero-order valence-corrected chi connectivity index (χ0v) is 17.2. The molecule has 3 aromatic heterocycles. The van der Waals surface area contributed by atoms with Crippen molar-refractivity contribution < 1.29 is 9.59 Å². The lowest BCUT2D eigenvalue weighted by Gasteiger charge is -2.18. The topological polar surface area (TPSA) is 88.1 Å². The van der Waals surface area contributed by atoms with Gasteiger partial charge in [-0.05, 0) is 48.9 Å². The molecule has 4 aromatic rings. The van der Waals surface area contributed by atoms with Gasteiger partial charge in [0.05, 0.1) is 23.3 Å². The van der Waals surface area contributed by atoms with E-state index < -0.39 is 0 Å². The highest BCUT2D eigenvalue weighted by atomic mass is 16.2. The molecule has 1 N–H and O–H groups in total. The van der Waals surface area contributed by atoms with E-state index in [-0.39, 0.29) is 18.4 Å². The summed E-state index contributed by atoms with van der Waals surface area (Å²) in [4.78, 5) is 40.1. The predicted molar refractivity (Wildman–Crippen MR) is 120 cm³/mol. The molecule has 7 heteroatoms. The highest BCUT2D eigenvalue weighted by molar-refractivity contribution is 6.08. The highest BCUT2D eigenvalue weighted by Gasteiger charge is 2.19. The number of amides is 2. The van der Waals surface area contributed by atoms with E-state index in [1.54, 1.807) is 37.8 Å². The molecule has 0 atom stereocenters. The molecule has 4 rings (SSSR count). The van der Waals surface area contributed by atoms with Gasteiger partial charge in [0.25, 0.3) is 5.91 Å². The van der Waals surface area contributed by atoms with E-state index in [0.29, 0.717) is 22.6 Å². The molecule has 1 aromatic carbocycles. The van der Waals surface area contributed by atoms with Gasteiger partial charge in [-0.1, -0.05) is 18.2 Å². The number of hydrogen-bond donors (Lipinski definition) is 1. The third-order valence-electron chi connectivity index (χ3n) is 4.81. The molecule has 0 radical (unpaired) electrons. The molecular formula is C24H21N5O2. The Morgan fingerprint density at radius 1 is 1.03 bits per heavy atom. The van der Waals surface area contributed by atoms with Crippen molar-refractivity contribution in [2.24, 2.45) is 0 Å². The van der Waals surface area contributed by atoms with Crippen molar-refractivity contribution in [3.05, 3.63) is 84.3 Å². The average molecular weight is 411 g/mol. The molecule has 154 valence electrons. The van der Waals surface area contributed by atoms with Gasteiger partial charge in [0.1, 0.15) is 5.82 Å². The maximum atomic E-state index is 13.3. The first-order valence-corrected chi connectivity index (χ1v) is 9.79. The third kappa shape index (κ3) is 4.56. The van der Waals surface area contributed by atoms with Crippen LogP contribution in [0.2, 0.25) is 0 Å². The van der Waals surface area contributed by atoms with Crippen LogP contribution in [0.3, 0.4) is 0 Å². The summed E-state index contributed by atoms with van der Waals surface area (Å²) in [6.07, 6.45) is 5.02. The molecule has 3 heterocycles. The number of nitrogens with one attached hydrogen (secondary N) is 1. The van der Waals surface area contributed by atoms with Crippen molar-refractivity contribution in [3.63, 3.8) is 0 Å². The van der Waals surface area contributed by atoms with E-state index in [2.05, 4.69) is 20.3 Å². The monoisotopic (exact) mass is 411 g/mol. The number of aromatic nitrogens is 3. The molecule has 31 heavy (non-hydrogen) atoms. The normalized spacial score (nSPS) is 10.6. The fourth-order valence-electron chi connectivity index (χ4n) is 3.29. The van der Waals surface area contributed by atoms with Gasteiger partial charge in [0, 0.05) is 36.6 Å². The first kappa shape index (κ1) is 20.2. The Labute approximate surface area is 179 Å². The maximum absolute atomic E-state index is 13.3. The molecular weight excluding hydrogens is 390 g/mol. The number of benzene rings is 1. The Hall–Kier alpha value is -4.13. The zero-order valence-electron chi connectivity index (χ0n) is 17.2. The number of pyridine rings is 3. The molecule has 0 saturated carbocycles. The number of anilines is 1. The van der Waals surface area contributed by atoms with E-state index >= 15 is 0 Å². The molecule has 2 amide bonds. The number of fused-ring (bicyclic) bond motifs is 1. The molecule has 7 nitrogen and oxygen atoms in total. The second-order valence-electron chi connectivity index (χ2n) is 7.24. The summed E-state index contributed by atoms with van der Waals surface area (Å²) in [6, 6.07) is 16.5. The van der Waals surface area contributed by atoms with Crippen LogP contribution in [0, 0.1) is 6.92 Å². The van der Waals surface area contributed by atoms with Crippen molar-refractivity contribution in [3.8, 4) is 11.3 Å². The number of likely N-dealkylation sites (N-methyl/N-ethyl adjacent to an activating group) is 1. The predicted octanol–water partition coefficient (Wildman–Crippen LogP) is 3.71. The molecule has 0 aliphatic carbocycles. The number of aryl methyl sites for hydroxylation is 1. The fourth-order valence-corrected chi connectivity index (χ4v) is 3.29. The Morgan fingerprint density at radius 3 is 2.65 bits per heavy atom. The molecule has 0 saturated heterocycles. The maximum Gasteiger partial charge on any atom is 0.254 e. The van der Waals surface area contributed by atoms with Gasteiger partial charge in [-0.2, -0.15) is 0 Å². The van der Waals surface area contributed by atoms with Crippen LogP contribution in [0.5, 0.6) is 0 Å².